The van der Waals surface area contributed by atoms with Crippen LogP contribution in [-0.4, -0.2) is 135 Å². The molecule has 13 atom stereocenters. The van der Waals surface area contributed by atoms with Gasteiger partial charge in [-0.05, 0) is 85.2 Å². The second-order valence-electron chi connectivity index (χ2n) is 17.2. The summed E-state index contributed by atoms with van der Waals surface area (Å²) in [4.78, 5) is 69.3. The molecule has 2 aromatic heterocycles. The van der Waals surface area contributed by atoms with Crippen LogP contribution >= 0.6 is 0 Å². The normalized spacial score (nSPS) is 36.2. The van der Waals surface area contributed by atoms with E-state index in [0.29, 0.717) is 25.8 Å². The van der Waals surface area contributed by atoms with Crippen molar-refractivity contribution >= 4 is 23.6 Å². The van der Waals surface area contributed by atoms with Crippen LogP contribution in [0, 0.1) is 23.7 Å². The smallest absolute Gasteiger partial charge is 0.411 e. The Bertz CT molecular complexity index is 1790. The Labute approximate surface area is 348 Å². The average molecular weight is 824 g/mol. The number of fused-ring (bicyclic) bond motifs is 1. The Hall–Kier alpha value is -4.02. The van der Waals surface area contributed by atoms with E-state index in [1.807, 2.05) is 48.8 Å². The van der Waals surface area contributed by atoms with Crippen molar-refractivity contribution in [2.45, 2.75) is 141 Å². The number of carbonyl (C=O) groups is 4. The number of amides is 1. The van der Waals surface area contributed by atoms with Gasteiger partial charge in [0.1, 0.15) is 23.9 Å². The number of unbranched alkanes of at least 4 members (excludes halogenated alkanes) is 1. The molecular weight excluding hydrogens is 759 g/mol. The van der Waals surface area contributed by atoms with Gasteiger partial charge >= 0.3 is 12.1 Å². The summed E-state index contributed by atoms with van der Waals surface area (Å²) in [6, 6.07) is 2.62. The molecule has 3 aliphatic rings. The summed E-state index contributed by atoms with van der Waals surface area (Å²) in [7, 11) is 5.23. The summed E-state index contributed by atoms with van der Waals surface area (Å²) >= 11 is 0. The zero-order valence-corrected chi connectivity index (χ0v) is 36.4. The van der Waals surface area contributed by atoms with E-state index in [1.165, 1.54) is 20.1 Å². The van der Waals surface area contributed by atoms with Gasteiger partial charge in [-0.1, -0.05) is 34.3 Å². The van der Waals surface area contributed by atoms with Gasteiger partial charge in [0.05, 0.1) is 35.9 Å². The first-order valence-corrected chi connectivity index (χ1v) is 21.0. The molecule has 15 nitrogen and oxygen atoms in total. The Morgan fingerprint density at radius 3 is 2.41 bits per heavy atom. The fraction of sp³-hybridized carbons (Fsp3) is 0.682. The maximum atomic E-state index is 14.8. The second-order valence-corrected chi connectivity index (χ2v) is 17.2. The third kappa shape index (κ3) is 9.49. The summed E-state index contributed by atoms with van der Waals surface area (Å²) in [5.41, 5.74) is -1.17. The van der Waals surface area contributed by atoms with Gasteiger partial charge in [-0.3, -0.25) is 24.3 Å². The van der Waals surface area contributed by atoms with Gasteiger partial charge in [0.2, 0.25) is 0 Å². The summed E-state index contributed by atoms with van der Waals surface area (Å²) in [5.74, 6) is -5.20. The van der Waals surface area contributed by atoms with Crippen LogP contribution in [-0.2, 0) is 44.6 Å². The first kappa shape index (κ1) is 46.1. The number of aliphatic hydroxyl groups excluding tert-OH is 1. The number of pyridine rings is 1. The first-order chi connectivity index (χ1) is 27.9. The predicted molar refractivity (Wildman–Crippen MR) is 219 cm³/mol. The third-order valence-electron chi connectivity index (χ3n) is 12.8. The summed E-state index contributed by atoms with van der Waals surface area (Å²) in [6.07, 6.45) is 5.55. The fourth-order valence-corrected chi connectivity index (χ4v) is 9.41. The second kappa shape index (κ2) is 19.1. The number of imidazole rings is 1. The molecule has 3 aliphatic heterocycles. The number of aryl methyl sites for hydroxylation is 1. The van der Waals surface area contributed by atoms with Crippen LogP contribution in [0.25, 0.3) is 11.3 Å². The van der Waals surface area contributed by atoms with E-state index in [1.54, 1.807) is 58.2 Å². The van der Waals surface area contributed by atoms with Gasteiger partial charge in [-0.2, -0.15) is 0 Å². The Morgan fingerprint density at radius 1 is 1.07 bits per heavy atom. The number of methoxy groups -OCH3 is 1. The lowest BCUT2D eigenvalue weighted by Crippen LogP contribution is -2.60. The van der Waals surface area contributed by atoms with Crippen LogP contribution in [0.1, 0.15) is 80.6 Å². The monoisotopic (exact) mass is 823 g/mol. The van der Waals surface area contributed by atoms with Crippen molar-refractivity contribution in [2.75, 3.05) is 27.7 Å². The minimum absolute atomic E-state index is 0.106. The number of hydrogen-bond acceptors (Lipinski definition) is 13. The maximum Gasteiger partial charge on any atom is 0.411 e. The van der Waals surface area contributed by atoms with E-state index >= 15 is 0 Å². The number of Topliss-reactive ketones (excluding diaryl/α,β-unsaturated/α-hetero) is 2. The van der Waals surface area contributed by atoms with E-state index < -0.39 is 83.4 Å². The molecule has 1 N–H and O–H groups in total. The van der Waals surface area contributed by atoms with Crippen LogP contribution in [0.3, 0.4) is 0 Å². The van der Waals surface area contributed by atoms with Gasteiger partial charge in [-0.25, -0.2) is 9.78 Å². The quantitative estimate of drug-likeness (QED) is 0.130. The lowest BCUT2D eigenvalue weighted by atomic mass is 9.72. The molecule has 15 heteroatoms. The van der Waals surface area contributed by atoms with Gasteiger partial charge in [-0.15, -0.1) is 0 Å². The number of aromatic nitrogens is 3. The van der Waals surface area contributed by atoms with Crippen LogP contribution in [0.2, 0.25) is 0 Å². The predicted octanol–water partition coefficient (Wildman–Crippen LogP) is 5.10. The minimum Gasteiger partial charge on any atom is -0.457 e. The van der Waals surface area contributed by atoms with Crippen molar-refractivity contribution in [3.63, 3.8) is 0 Å². The zero-order valence-electron chi connectivity index (χ0n) is 36.4. The highest BCUT2D eigenvalue weighted by Gasteiger charge is 2.61. The lowest BCUT2D eigenvalue weighted by Gasteiger charge is -2.47. The molecule has 0 unspecified atom stereocenters. The molecule has 3 fully saturated rings. The molecule has 0 bridgehead atoms. The Kier molecular flexibility index (Phi) is 14.9. The molecule has 0 saturated carbocycles. The molecule has 0 spiro atoms. The van der Waals surface area contributed by atoms with E-state index in [0.717, 1.165) is 11.3 Å². The number of hydrogen-bond donors (Lipinski definition) is 1. The van der Waals surface area contributed by atoms with Crippen LogP contribution in [0.5, 0.6) is 0 Å². The average Bonchev–Trinajstić information content (AvgIpc) is 3.82. The third-order valence-corrected chi connectivity index (χ3v) is 12.8. The largest absolute Gasteiger partial charge is 0.457 e. The van der Waals surface area contributed by atoms with Crippen molar-refractivity contribution in [3.8, 4) is 11.3 Å². The van der Waals surface area contributed by atoms with Crippen molar-refractivity contribution in [2.24, 2.45) is 23.7 Å². The van der Waals surface area contributed by atoms with Crippen LogP contribution in [0.4, 0.5) is 4.79 Å². The number of aliphatic hydroxyl groups is 1. The van der Waals surface area contributed by atoms with E-state index in [9.17, 15) is 24.3 Å². The number of carbonyl (C=O) groups excluding carboxylic acids is 4. The number of cyclic esters (lactones) is 1. The number of nitrogens with zero attached hydrogens (tertiary/aromatic N) is 5. The van der Waals surface area contributed by atoms with Crippen molar-refractivity contribution in [1.29, 1.82) is 0 Å². The van der Waals surface area contributed by atoms with Gasteiger partial charge < -0.3 is 38.3 Å². The van der Waals surface area contributed by atoms with Crippen LogP contribution < -0.4 is 0 Å². The number of likely N-dealkylation sites (N-methyl/N-ethyl adjacent to an activating group) is 1. The summed E-state index contributed by atoms with van der Waals surface area (Å²) < 4.78 is 33.3. The highest BCUT2D eigenvalue weighted by Crippen LogP contribution is 2.44. The SMILES string of the molecule is C=C[C@]12OC(=O)N(CCCCn3cnc(-c4cccnc4)c3)[C@@H]1[C@@H](C)C(=O)[C@H](C)C[C@@](C)(OC)[C@H](O[C@@H]1O[C@H](C)C[C@H](N(C)C)[C@H]1O)[C@@H](C)C(=O)[C@@H](C)C(=O)O[C@@H]2CC. The topological polar surface area (TPSA) is 172 Å². The van der Waals surface area contributed by atoms with E-state index in [2.05, 4.69) is 16.5 Å². The number of ether oxygens (including phenoxy) is 5. The summed E-state index contributed by atoms with van der Waals surface area (Å²) in [5, 5.41) is 11.5. The van der Waals surface area contributed by atoms with Gasteiger partial charge in [0.15, 0.2) is 17.7 Å². The van der Waals surface area contributed by atoms with Crippen molar-refractivity contribution in [3.05, 3.63) is 49.7 Å². The molecule has 1 amide bonds. The molecule has 2 aromatic rings. The first-order valence-electron chi connectivity index (χ1n) is 21.0. The van der Waals surface area contributed by atoms with Gasteiger partial charge in [0.25, 0.3) is 0 Å². The highest BCUT2D eigenvalue weighted by molar-refractivity contribution is 6.00. The molecule has 0 aliphatic carbocycles. The molecular formula is C44H65N5O10. The summed E-state index contributed by atoms with van der Waals surface area (Å²) in [6.45, 7) is 17.1. The number of esters is 1. The van der Waals surface area contributed by atoms with Gasteiger partial charge in [0, 0.05) is 68.1 Å². The lowest BCUT2D eigenvalue weighted by molar-refractivity contribution is -0.295. The standard InChI is InChI=1S/C44H65N5O10/c1-12-34-44(13-2)38(49(42(54)59-44)20-15-14-19-48-24-32(46-25-48)31-17-16-18-45-23-31)28(5)35(50)26(3)22-43(8,55-11)39(29(6)36(51)30(7)40(53)57-34)58-41-37(52)33(47(9)10)21-27(4)56-41/h13,16-18,23-30,33-34,37-39,41,52H,2,12,14-15,19-22H2,1,3-11H3/t26-,27-,28+,29+,30-,33+,34-,37-,38-,39-,41+,43-,44-/m1/s1. The number of rotatable bonds is 12. The van der Waals surface area contributed by atoms with Crippen molar-refractivity contribution in [1.82, 2.24) is 24.3 Å². The van der Waals surface area contributed by atoms with E-state index in [4.69, 9.17) is 23.7 Å². The molecule has 0 aromatic carbocycles. The van der Waals surface area contributed by atoms with E-state index in [-0.39, 0.29) is 37.3 Å². The Balaban J connectivity index is 1.46. The fourth-order valence-electron chi connectivity index (χ4n) is 9.41. The van der Waals surface area contributed by atoms with Crippen molar-refractivity contribution < 1.29 is 48.0 Å². The number of ketones is 2. The molecule has 5 heterocycles. The van der Waals surface area contributed by atoms with Crippen LogP contribution in [0.15, 0.2) is 49.7 Å². The minimum atomic E-state index is -1.60. The Morgan fingerprint density at radius 2 is 1.78 bits per heavy atom. The molecule has 326 valence electrons. The highest BCUT2D eigenvalue weighted by atomic mass is 16.7. The molecule has 0 radical (unpaired) electrons. The molecule has 3 saturated heterocycles. The zero-order chi connectivity index (χ0) is 43.4. The maximum absolute atomic E-state index is 14.8. The molecule has 5 rings (SSSR count). The molecule has 59 heavy (non-hydrogen) atoms.